The summed E-state index contributed by atoms with van der Waals surface area (Å²) in [4.78, 5) is 13.3. The molecule has 0 aromatic heterocycles. The highest BCUT2D eigenvalue weighted by atomic mass is 16.4. The Morgan fingerprint density at radius 3 is 2.78 bits per heavy atom. The number of carbonyl (C=O) groups is 1. The highest BCUT2D eigenvalue weighted by molar-refractivity contribution is 5.89. The molecule has 3 nitrogen and oxygen atoms in total. The van der Waals surface area contributed by atoms with Gasteiger partial charge in [0.05, 0.1) is 5.56 Å². The molecule has 98 valence electrons. The number of allylic oxidation sites excluding steroid dienone is 1. The fourth-order valence-electron chi connectivity index (χ4n) is 1.88. The van der Waals surface area contributed by atoms with Crippen LogP contribution in [0.1, 0.15) is 28.8 Å². The maximum Gasteiger partial charge on any atom is 0.335 e. The van der Waals surface area contributed by atoms with Crippen LogP contribution >= 0.6 is 0 Å². The second-order valence-electron chi connectivity index (χ2n) is 4.45. The van der Waals surface area contributed by atoms with E-state index in [1.807, 2.05) is 18.2 Å². The van der Waals surface area contributed by atoms with Crippen LogP contribution in [0.3, 0.4) is 0 Å². The summed E-state index contributed by atoms with van der Waals surface area (Å²) in [5.41, 5.74) is 1.32. The van der Waals surface area contributed by atoms with Gasteiger partial charge in [-0.2, -0.15) is 0 Å². The Balaban J connectivity index is 2.47. The summed E-state index contributed by atoms with van der Waals surface area (Å²) in [6, 6.07) is 7.21. The lowest BCUT2D eigenvalue weighted by Gasteiger charge is -2.16. The molecule has 0 aliphatic heterocycles. The quantitative estimate of drug-likeness (QED) is 0.567. The molecule has 1 rings (SSSR count). The molecule has 0 spiro atoms. The maximum atomic E-state index is 11.1. The maximum absolute atomic E-state index is 11.1. The number of aromatic carboxylic acids is 1. The molecule has 1 N–H and O–H groups in total. The van der Waals surface area contributed by atoms with Crippen molar-refractivity contribution in [2.75, 3.05) is 20.1 Å². The number of likely N-dealkylation sites (N-methyl/N-ethyl adjacent to an activating group) is 1. The summed E-state index contributed by atoms with van der Waals surface area (Å²) < 4.78 is 0. The molecule has 0 saturated carbocycles. The fourth-order valence-corrected chi connectivity index (χ4v) is 1.88. The van der Waals surface area contributed by atoms with Crippen LogP contribution in [0.25, 0.3) is 0 Å². The van der Waals surface area contributed by atoms with Crippen molar-refractivity contribution in [3.8, 4) is 0 Å². The zero-order chi connectivity index (χ0) is 13.4. The van der Waals surface area contributed by atoms with Crippen LogP contribution in [0.15, 0.2) is 36.9 Å². The van der Waals surface area contributed by atoms with Gasteiger partial charge in [-0.1, -0.05) is 24.3 Å². The predicted octanol–water partition coefficient (Wildman–Crippen LogP) is 2.83. The van der Waals surface area contributed by atoms with E-state index in [4.69, 9.17) is 5.11 Å². The van der Waals surface area contributed by atoms with Gasteiger partial charge in [0.15, 0.2) is 0 Å². The normalized spacial score (nSPS) is 10.6. The SMILES string of the molecule is C=CCCCN(C)CCc1ccccc1C(=O)O. The van der Waals surface area contributed by atoms with Crippen LogP contribution in [0.2, 0.25) is 0 Å². The van der Waals surface area contributed by atoms with Gasteiger partial charge in [-0.15, -0.1) is 6.58 Å². The van der Waals surface area contributed by atoms with Crippen LogP contribution in [0, 0.1) is 0 Å². The number of nitrogens with zero attached hydrogens (tertiary/aromatic N) is 1. The molecule has 0 aliphatic rings. The van der Waals surface area contributed by atoms with E-state index >= 15 is 0 Å². The Labute approximate surface area is 109 Å². The van der Waals surface area contributed by atoms with E-state index in [2.05, 4.69) is 18.5 Å². The lowest BCUT2D eigenvalue weighted by atomic mass is 10.0. The highest BCUT2D eigenvalue weighted by Crippen LogP contribution is 2.10. The van der Waals surface area contributed by atoms with E-state index in [1.54, 1.807) is 12.1 Å². The number of hydrogen-bond donors (Lipinski definition) is 1. The molecule has 1 aromatic carbocycles. The molecule has 18 heavy (non-hydrogen) atoms. The Morgan fingerprint density at radius 2 is 2.11 bits per heavy atom. The van der Waals surface area contributed by atoms with Gasteiger partial charge >= 0.3 is 5.97 Å². The van der Waals surface area contributed by atoms with Gasteiger partial charge in [0.1, 0.15) is 0 Å². The van der Waals surface area contributed by atoms with E-state index in [-0.39, 0.29) is 0 Å². The Morgan fingerprint density at radius 1 is 1.39 bits per heavy atom. The van der Waals surface area contributed by atoms with Crippen LogP contribution < -0.4 is 0 Å². The first-order valence-electron chi connectivity index (χ1n) is 6.25. The zero-order valence-electron chi connectivity index (χ0n) is 10.9. The molecule has 0 heterocycles. The number of unbranched alkanes of at least 4 members (excludes halogenated alkanes) is 1. The molecule has 0 amide bonds. The number of carboxylic acid groups (broad SMARTS) is 1. The second kappa shape index (κ2) is 7.67. The largest absolute Gasteiger partial charge is 0.478 e. The van der Waals surface area contributed by atoms with Gasteiger partial charge < -0.3 is 10.0 Å². The third-order valence-corrected chi connectivity index (χ3v) is 2.96. The van der Waals surface area contributed by atoms with Crippen molar-refractivity contribution in [1.29, 1.82) is 0 Å². The highest BCUT2D eigenvalue weighted by Gasteiger charge is 2.09. The predicted molar refractivity (Wildman–Crippen MR) is 74.0 cm³/mol. The number of rotatable bonds is 8. The summed E-state index contributed by atoms with van der Waals surface area (Å²) in [5, 5.41) is 9.08. The van der Waals surface area contributed by atoms with Crippen molar-refractivity contribution in [2.24, 2.45) is 0 Å². The first-order valence-corrected chi connectivity index (χ1v) is 6.25. The van der Waals surface area contributed by atoms with Gasteiger partial charge in [-0.3, -0.25) is 0 Å². The Bertz CT molecular complexity index is 401. The van der Waals surface area contributed by atoms with Crippen molar-refractivity contribution in [3.05, 3.63) is 48.0 Å². The zero-order valence-corrected chi connectivity index (χ0v) is 10.9. The monoisotopic (exact) mass is 247 g/mol. The third kappa shape index (κ3) is 4.72. The van der Waals surface area contributed by atoms with Crippen LogP contribution in [0.4, 0.5) is 0 Å². The molecule has 0 radical (unpaired) electrons. The van der Waals surface area contributed by atoms with Crippen LogP contribution in [0.5, 0.6) is 0 Å². The van der Waals surface area contributed by atoms with E-state index in [1.165, 1.54) is 0 Å². The van der Waals surface area contributed by atoms with Crippen molar-refractivity contribution < 1.29 is 9.90 Å². The molecule has 1 aromatic rings. The van der Waals surface area contributed by atoms with Crippen molar-refractivity contribution in [1.82, 2.24) is 4.90 Å². The Hall–Kier alpha value is -1.61. The Kier molecular flexibility index (Phi) is 6.15. The number of benzene rings is 1. The second-order valence-corrected chi connectivity index (χ2v) is 4.45. The van der Waals surface area contributed by atoms with Gasteiger partial charge in [0.2, 0.25) is 0 Å². The van der Waals surface area contributed by atoms with Gasteiger partial charge in [0, 0.05) is 6.54 Å². The molecule has 0 bridgehead atoms. The molecule has 0 aliphatic carbocycles. The minimum atomic E-state index is -0.847. The summed E-state index contributed by atoms with van der Waals surface area (Å²) in [6.45, 7) is 5.59. The average Bonchev–Trinajstić information content (AvgIpc) is 2.37. The summed E-state index contributed by atoms with van der Waals surface area (Å²) in [7, 11) is 2.06. The van der Waals surface area contributed by atoms with Gasteiger partial charge in [-0.05, 0) is 44.5 Å². The smallest absolute Gasteiger partial charge is 0.335 e. The lowest BCUT2D eigenvalue weighted by Crippen LogP contribution is -2.23. The topological polar surface area (TPSA) is 40.5 Å². The van der Waals surface area contributed by atoms with E-state index < -0.39 is 5.97 Å². The minimum absolute atomic E-state index is 0.414. The van der Waals surface area contributed by atoms with Crippen LogP contribution in [-0.2, 0) is 6.42 Å². The summed E-state index contributed by atoms with van der Waals surface area (Å²) in [6.07, 6.45) is 4.82. The first kappa shape index (κ1) is 14.5. The standard InChI is InChI=1S/C15H21NO2/c1-3-4-7-11-16(2)12-10-13-8-5-6-9-14(13)15(17)18/h3,5-6,8-9H,1,4,7,10-12H2,2H3,(H,17,18). The van der Waals surface area contributed by atoms with Crippen molar-refractivity contribution in [2.45, 2.75) is 19.3 Å². The van der Waals surface area contributed by atoms with E-state index in [9.17, 15) is 4.79 Å². The molecule has 0 atom stereocenters. The molecular weight excluding hydrogens is 226 g/mol. The van der Waals surface area contributed by atoms with Gasteiger partial charge in [-0.25, -0.2) is 4.79 Å². The van der Waals surface area contributed by atoms with E-state index in [0.717, 1.165) is 37.9 Å². The third-order valence-electron chi connectivity index (χ3n) is 2.96. The summed E-state index contributed by atoms with van der Waals surface area (Å²) >= 11 is 0. The van der Waals surface area contributed by atoms with Gasteiger partial charge in [0.25, 0.3) is 0 Å². The number of carboxylic acids is 1. The number of hydrogen-bond acceptors (Lipinski definition) is 2. The molecule has 3 heteroatoms. The summed E-state index contributed by atoms with van der Waals surface area (Å²) in [5.74, 6) is -0.847. The molecule has 0 saturated heterocycles. The van der Waals surface area contributed by atoms with Crippen LogP contribution in [-0.4, -0.2) is 36.1 Å². The molecule has 0 fully saturated rings. The molecule has 0 unspecified atom stereocenters. The lowest BCUT2D eigenvalue weighted by molar-refractivity contribution is 0.0695. The van der Waals surface area contributed by atoms with Crippen molar-refractivity contribution >= 4 is 5.97 Å². The van der Waals surface area contributed by atoms with Crippen molar-refractivity contribution in [3.63, 3.8) is 0 Å². The molecular formula is C15H21NO2. The first-order chi connectivity index (χ1) is 8.65. The van der Waals surface area contributed by atoms with E-state index in [0.29, 0.717) is 5.56 Å². The fraction of sp³-hybridized carbons (Fsp3) is 0.400. The average molecular weight is 247 g/mol. The minimum Gasteiger partial charge on any atom is -0.478 e.